The van der Waals surface area contributed by atoms with Crippen LogP contribution in [-0.2, 0) is 4.79 Å². The lowest BCUT2D eigenvalue weighted by atomic mass is 10.1. The minimum Gasteiger partial charge on any atom is -0.482 e. The van der Waals surface area contributed by atoms with E-state index in [1.807, 2.05) is 0 Å². The average molecular weight is 417 g/mol. The summed E-state index contributed by atoms with van der Waals surface area (Å²) in [6.07, 6.45) is 0. The maximum absolute atomic E-state index is 12.6. The van der Waals surface area contributed by atoms with Gasteiger partial charge in [0.05, 0.1) is 11.4 Å². The second-order valence-electron chi connectivity index (χ2n) is 5.91. The van der Waals surface area contributed by atoms with Crippen molar-refractivity contribution in [2.75, 3.05) is 17.2 Å². The number of hydrogen-bond donors (Lipinski definition) is 2. The summed E-state index contributed by atoms with van der Waals surface area (Å²) in [6, 6.07) is 10.9. The summed E-state index contributed by atoms with van der Waals surface area (Å²) in [6.45, 7) is -3.07. The fourth-order valence-corrected chi connectivity index (χ4v) is 3.42. The Kier molecular flexibility index (Phi) is 5.09. The van der Waals surface area contributed by atoms with Crippen molar-refractivity contribution in [2.24, 2.45) is 0 Å². The summed E-state index contributed by atoms with van der Waals surface area (Å²) in [4.78, 5) is 28.1. The third-order valence-electron chi connectivity index (χ3n) is 3.98. The molecule has 10 heteroatoms. The first-order valence-electron chi connectivity index (χ1n) is 8.37. The van der Waals surface area contributed by atoms with Crippen LogP contribution >= 0.6 is 11.3 Å². The van der Waals surface area contributed by atoms with Gasteiger partial charge in [0.15, 0.2) is 11.7 Å². The molecular formula is C19H13F2N3O4S. The van der Waals surface area contributed by atoms with Crippen molar-refractivity contribution < 1.29 is 27.8 Å². The highest BCUT2D eigenvalue weighted by Crippen LogP contribution is 2.33. The Bertz CT molecular complexity index is 1090. The molecule has 1 aliphatic rings. The zero-order valence-corrected chi connectivity index (χ0v) is 15.5. The molecule has 0 atom stereocenters. The van der Waals surface area contributed by atoms with E-state index in [2.05, 4.69) is 20.4 Å². The molecule has 2 N–H and O–H groups in total. The predicted molar refractivity (Wildman–Crippen MR) is 103 cm³/mol. The second kappa shape index (κ2) is 7.84. The number of ether oxygens (including phenoxy) is 2. The molecule has 3 aromatic rings. The summed E-state index contributed by atoms with van der Waals surface area (Å²) in [5.74, 6) is -0.290. The van der Waals surface area contributed by atoms with E-state index in [1.54, 1.807) is 35.7 Å². The third kappa shape index (κ3) is 4.16. The van der Waals surface area contributed by atoms with E-state index in [-0.39, 0.29) is 18.3 Å². The number of amides is 2. The molecule has 29 heavy (non-hydrogen) atoms. The first-order valence-corrected chi connectivity index (χ1v) is 9.25. The lowest BCUT2D eigenvalue weighted by Crippen LogP contribution is -2.25. The fourth-order valence-electron chi connectivity index (χ4n) is 2.72. The summed E-state index contributed by atoms with van der Waals surface area (Å²) in [5.41, 5.74) is 1.60. The predicted octanol–water partition coefficient (Wildman–Crippen LogP) is 3.99. The minimum absolute atomic E-state index is 0.000408. The number of anilines is 2. The monoisotopic (exact) mass is 417 g/mol. The number of para-hydroxylation sites is 1. The van der Waals surface area contributed by atoms with E-state index in [0.29, 0.717) is 33.4 Å². The van der Waals surface area contributed by atoms with Gasteiger partial charge < -0.3 is 14.8 Å². The first-order chi connectivity index (χ1) is 14.0. The maximum Gasteiger partial charge on any atom is 0.387 e. The molecule has 0 unspecified atom stereocenters. The molecule has 1 aliphatic heterocycles. The first kappa shape index (κ1) is 18.8. The van der Waals surface area contributed by atoms with Crippen LogP contribution in [0.2, 0.25) is 0 Å². The normalized spacial score (nSPS) is 12.7. The van der Waals surface area contributed by atoms with Crippen LogP contribution in [0, 0.1) is 0 Å². The summed E-state index contributed by atoms with van der Waals surface area (Å²) in [5, 5.41) is 7.23. The number of halogens is 2. The Morgan fingerprint density at radius 2 is 2.10 bits per heavy atom. The van der Waals surface area contributed by atoms with Gasteiger partial charge in [0.2, 0.25) is 0 Å². The molecule has 0 spiro atoms. The molecule has 2 aromatic carbocycles. The number of carbonyl (C=O) groups excluding carboxylic acids is 2. The summed E-state index contributed by atoms with van der Waals surface area (Å²) < 4.78 is 35.0. The van der Waals surface area contributed by atoms with Gasteiger partial charge in [-0.2, -0.15) is 8.78 Å². The number of carbonyl (C=O) groups is 2. The van der Waals surface area contributed by atoms with Crippen LogP contribution in [0.15, 0.2) is 47.8 Å². The number of aromatic nitrogens is 1. The summed E-state index contributed by atoms with van der Waals surface area (Å²) >= 11 is 1.15. The van der Waals surface area contributed by atoms with E-state index >= 15 is 0 Å². The molecule has 1 aromatic heterocycles. The van der Waals surface area contributed by atoms with E-state index in [4.69, 9.17) is 4.74 Å². The van der Waals surface area contributed by atoms with Crippen LogP contribution in [0.3, 0.4) is 0 Å². The quantitative estimate of drug-likeness (QED) is 0.655. The van der Waals surface area contributed by atoms with Crippen LogP contribution in [0.5, 0.6) is 11.5 Å². The van der Waals surface area contributed by atoms with Gasteiger partial charge in [-0.3, -0.25) is 14.9 Å². The number of nitrogens with one attached hydrogen (secondary N) is 2. The number of rotatable bonds is 5. The number of alkyl halides is 2. The van der Waals surface area contributed by atoms with Crippen molar-refractivity contribution in [2.45, 2.75) is 6.61 Å². The lowest BCUT2D eigenvalue weighted by molar-refractivity contribution is -0.118. The number of thiazole rings is 1. The van der Waals surface area contributed by atoms with Gasteiger partial charge in [0, 0.05) is 16.5 Å². The Morgan fingerprint density at radius 3 is 2.93 bits per heavy atom. The number of fused-ring (bicyclic) bond motifs is 1. The van der Waals surface area contributed by atoms with Gasteiger partial charge in [-0.05, 0) is 30.3 Å². The molecule has 0 fully saturated rings. The Balaban J connectivity index is 1.51. The molecule has 0 radical (unpaired) electrons. The van der Waals surface area contributed by atoms with Crippen LogP contribution in [0.4, 0.5) is 19.6 Å². The van der Waals surface area contributed by atoms with Crippen molar-refractivity contribution in [1.82, 2.24) is 4.98 Å². The highest BCUT2D eigenvalue weighted by Gasteiger charge is 2.19. The van der Waals surface area contributed by atoms with E-state index in [1.165, 1.54) is 12.1 Å². The number of hydrogen-bond acceptors (Lipinski definition) is 6. The highest BCUT2D eigenvalue weighted by atomic mass is 32.1. The van der Waals surface area contributed by atoms with Crippen LogP contribution in [0.1, 0.15) is 10.4 Å². The molecule has 0 aliphatic carbocycles. The van der Waals surface area contributed by atoms with Gasteiger partial charge in [-0.25, -0.2) is 4.98 Å². The SMILES string of the molecule is O=C1COc2cc(C(=O)Nc3nc(-c4ccccc4OC(F)F)cs3)ccc2N1. The van der Waals surface area contributed by atoms with Crippen molar-refractivity contribution in [1.29, 1.82) is 0 Å². The maximum atomic E-state index is 12.6. The van der Waals surface area contributed by atoms with Gasteiger partial charge in [-0.1, -0.05) is 12.1 Å². The van der Waals surface area contributed by atoms with E-state index in [9.17, 15) is 18.4 Å². The molecule has 0 bridgehead atoms. The summed E-state index contributed by atoms with van der Waals surface area (Å²) in [7, 11) is 0. The van der Waals surface area contributed by atoms with Crippen LogP contribution in [0.25, 0.3) is 11.3 Å². The van der Waals surface area contributed by atoms with Crippen molar-refractivity contribution in [3.63, 3.8) is 0 Å². The Labute approximate surface area is 167 Å². The topological polar surface area (TPSA) is 89.6 Å². The highest BCUT2D eigenvalue weighted by molar-refractivity contribution is 7.14. The van der Waals surface area contributed by atoms with Gasteiger partial charge in [-0.15, -0.1) is 11.3 Å². The second-order valence-corrected chi connectivity index (χ2v) is 6.77. The zero-order valence-electron chi connectivity index (χ0n) is 14.6. The largest absolute Gasteiger partial charge is 0.482 e. The molecule has 2 amide bonds. The molecule has 0 saturated carbocycles. The number of nitrogens with zero attached hydrogens (tertiary/aromatic N) is 1. The molecule has 2 heterocycles. The van der Waals surface area contributed by atoms with Gasteiger partial charge in [0.1, 0.15) is 11.5 Å². The fraction of sp³-hybridized carbons (Fsp3) is 0.105. The molecule has 4 rings (SSSR count). The van der Waals surface area contributed by atoms with Crippen molar-refractivity contribution in [3.8, 4) is 22.8 Å². The molecular weight excluding hydrogens is 404 g/mol. The van der Waals surface area contributed by atoms with Gasteiger partial charge >= 0.3 is 6.61 Å². The van der Waals surface area contributed by atoms with Crippen LogP contribution < -0.4 is 20.1 Å². The van der Waals surface area contributed by atoms with Crippen LogP contribution in [-0.4, -0.2) is 30.0 Å². The Morgan fingerprint density at radius 1 is 1.28 bits per heavy atom. The zero-order chi connectivity index (χ0) is 20.4. The molecule has 148 valence electrons. The lowest BCUT2D eigenvalue weighted by Gasteiger charge is -2.18. The Hall–Kier alpha value is -3.53. The molecule has 0 saturated heterocycles. The van der Waals surface area contributed by atoms with Gasteiger partial charge in [0.25, 0.3) is 11.8 Å². The van der Waals surface area contributed by atoms with E-state index in [0.717, 1.165) is 11.3 Å². The smallest absolute Gasteiger partial charge is 0.387 e. The minimum atomic E-state index is -2.95. The third-order valence-corrected chi connectivity index (χ3v) is 4.74. The van der Waals surface area contributed by atoms with Crippen molar-refractivity contribution >= 4 is 34.0 Å². The standard InChI is InChI=1S/C19H13F2N3O4S/c20-18(21)28-14-4-2-1-3-11(14)13-9-29-19(23-13)24-17(26)10-5-6-12-15(7-10)27-8-16(25)22-12/h1-7,9,18H,8H2,(H,22,25)(H,23,24,26). The van der Waals surface area contributed by atoms with Crippen molar-refractivity contribution in [3.05, 3.63) is 53.4 Å². The van der Waals surface area contributed by atoms with E-state index < -0.39 is 12.5 Å². The number of benzene rings is 2. The molecule has 7 nitrogen and oxygen atoms in total. The average Bonchev–Trinajstić information content (AvgIpc) is 3.15.